The van der Waals surface area contributed by atoms with E-state index in [1.54, 1.807) is 0 Å². The Morgan fingerprint density at radius 3 is 2.59 bits per heavy atom. The molecule has 7 heteroatoms. The highest BCUT2D eigenvalue weighted by atomic mass is 32.2. The first kappa shape index (κ1) is 14.1. The van der Waals surface area contributed by atoms with Gasteiger partial charge in [-0.3, -0.25) is 0 Å². The minimum atomic E-state index is -4.32. The fourth-order valence-corrected chi connectivity index (χ4v) is 1.81. The molecule has 0 bridgehead atoms. The number of anilines is 1. The average molecular weight is 269 g/mol. The van der Waals surface area contributed by atoms with E-state index < -0.39 is 18.6 Å². The number of ether oxygens (including phenoxy) is 1. The quantitative estimate of drug-likeness (QED) is 0.386. The largest absolute Gasteiger partial charge is 0.411 e. The minimum absolute atomic E-state index is 0.0893. The molecule has 2 N–H and O–H groups in total. The van der Waals surface area contributed by atoms with Crippen LogP contribution in [0.25, 0.3) is 0 Å². The lowest BCUT2D eigenvalue weighted by Gasteiger charge is -2.07. The molecule has 0 saturated carbocycles. The summed E-state index contributed by atoms with van der Waals surface area (Å²) in [5.41, 5.74) is 5.66. The van der Waals surface area contributed by atoms with Gasteiger partial charge in [0.05, 0.1) is 6.61 Å². The first-order valence-electron chi connectivity index (χ1n) is 4.71. The predicted octanol–water partition coefficient (Wildman–Crippen LogP) is 3.08. The Kier molecular flexibility index (Phi) is 5.07. The van der Waals surface area contributed by atoms with Crippen LogP contribution in [-0.2, 0) is 4.74 Å². The summed E-state index contributed by atoms with van der Waals surface area (Å²) in [6.07, 6.45) is -4.32. The van der Waals surface area contributed by atoms with Crippen LogP contribution < -0.4 is 5.73 Å². The lowest BCUT2D eigenvalue weighted by Crippen LogP contribution is -2.17. The third-order valence-corrected chi connectivity index (χ3v) is 2.72. The summed E-state index contributed by atoms with van der Waals surface area (Å²) >= 11 is 1.08. The zero-order valence-corrected chi connectivity index (χ0v) is 9.58. The van der Waals surface area contributed by atoms with Crippen LogP contribution >= 0.6 is 11.8 Å². The average Bonchev–Trinajstić information content (AvgIpc) is 2.18. The van der Waals surface area contributed by atoms with E-state index in [2.05, 4.69) is 4.74 Å². The molecule has 17 heavy (non-hydrogen) atoms. The predicted molar refractivity (Wildman–Crippen MR) is 58.4 cm³/mol. The first-order chi connectivity index (χ1) is 7.88. The van der Waals surface area contributed by atoms with Crippen LogP contribution in [0, 0.1) is 5.82 Å². The fraction of sp³-hybridized carbons (Fsp3) is 0.400. The summed E-state index contributed by atoms with van der Waals surface area (Å²) in [7, 11) is 0. The summed E-state index contributed by atoms with van der Waals surface area (Å²) in [6, 6.07) is 4.18. The van der Waals surface area contributed by atoms with Gasteiger partial charge in [-0.25, -0.2) is 4.39 Å². The van der Waals surface area contributed by atoms with E-state index in [-0.39, 0.29) is 12.4 Å². The van der Waals surface area contributed by atoms with E-state index in [1.807, 2.05) is 0 Å². The van der Waals surface area contributed by atoms with Gasteiger partial charge in [-0.15, -0.1) is 11.8 Å². The van der Waals surface area contributed by atoms with E-state index in [1.165, 1.54) is 18.2 Å². The fourth-order valence-electron chi connectivity index (χ4n) is 1.03. The number of halogens is 4. The molecule has 0 spiro atoms. The molecule has 0 aromatic heterocycles. The summed E-state index contributed by atoms with van der Waals surface area (Å²) in [5.74, 6) is -0.234. The van der Waals surface area contributed by atoms with Crippen molar-refractivity contribution in [2.75, 3.05) is 24.7 Å². The molecule has 2 nitrogen and oxygen atoms in total. The van der Waals surface area contributed by atoms with Gasteiger partial charge in [0.15, 0.2) is 0 Å². The number of nitrogen functional groups attached to an aromatic ring is 1. The third-order valence-electron chi connectivity index (χ3n) is 1.71. The van der Waals surface area contributed by atoms with E-state index in [0.717, 1.165) is 11.8 Å². The highest BCUT2D eigenvalue weighted by Crippen LogP contribution is 2.23. The molecule has 0 atom stereocenters. The Bertz CT molecular complexity index is 370. The molecule has 1 rings (SSSR count). The van der Waals surface area contributed by atoms with Crippen molar-refractivity contribution in [2.24, 2.45) is 0 Å². The number of hydrogen-bond acceptors (Lipinski definition) is 3. The van der Waals surface area contributed by atoms with Gasteiger partial charge in [-0.05, 0) is 18.2 Å². The van der Waals surface area contributed by atoms with Crippen LogP contribution in [0.3, 0.4) is 0 Å². The smallest absolute Gasteiger partial charge is 0.399 e. The third kappa shape index (κ3) is 5.78. The zero-order valence-electron chi connectivity index (χ0n) is 8.76. The second-order valence-electron chi connectivity index (χ2n) is 3.21. The molecular weight excluding hydrogens is 258 g/mol. The van der Waals surface area contributed by atoms with E-state index in [4.69, 9.17) is 5.73 Å². The number of benzene rings is 1. The summed E-state index contributed by atoms with van der Waals surface area (Å²) in [6.45, 7) is -1.37. The second kappa shape index (κ2) is 6.11. The van der Waals surface area contributed by atoms with Crippen LogP contribution in [0.5, 0.6) is 0 Å². The molecular formula is C10H11F4NOS. The Morgan fingerprint density at radius 1 is 1.29 bits per heavy atom. The maximum atomic E-state index is 13.2. The topological polar surface area (TPSA) is 35.2 Å². The molecule has 0 radical (unpaired) electrons. The number of thioether (sulfide) groups is 1. The summed E-state index contributed by atoms with van der Waals surface area (Å²) in [4.78, 5) is 0.342. The Labute approximate surface area is 100 Å². The zero-order chi connectivity index (χ0) is 12.9. The van der Waals surface area contributed by atoms with Crippen molar-refractivity contribution in [2.45, 2.75) is 11.1 Å². The highest BCUT2D eigenvalue weighted by Gasteiger charge is 2.27. The Balaban J connectivity index is 2.27. The van der Waals surface area contributed by atoms with Gasteiger partial charge < -0.3 is 10.5 Å². The van der Waals surface area contributed by atoms with Gasteiger partial charge in [0, 0.05) is 16.3 Å². The lowest BCUT2D eigenvalue weighted by molar-refractivity contribution is -0.172. The monoisotopic (exact) mass is 269 g/mol. The maximum Gasteiger partial charge on any atom is 0.411 e. The molecule has 0 aliphatic rings. The molecule has 1 aromatic carbocycles. The van der Waals surface area contributed by atoms with Gasteiger partial charge in [0.1, 0.15) is 12.4 Å². The molecule has 0 saturated heterocycles. The highest BCUT2D eigenvalue weighted by molar-refractivity contribution is 7.99. The standard InChI is InChI=1S/C10H11F4NOS/c11-8-5-7(15)1-2-9(8)17-4-3-16-6-10(12,13)14/h1-2,5H,3-4,6,15H2. The molecule has 0 amide bonds. The number of rotatable bonds is 5. The number of nitrogens with two attached hydrogens (primary N) is 1. The van der Waals surface area contributed by atoms with Crippen molar-refractivity contribution in [3.05, 3.63) is 24.0 Å². The number of alkyl halides is 3. The minimum Gasteiger partial charge on any atom is -0.399 e. The Morgan fingerprint density at radius 2 is 2.00 bits per heavy atom. The number of hydrogen-bond donors (Lipinski definition) is 1. The molecule has 0 aliphatic heterocycles. The van der Waals surface area contributed by atoms with Gasteiger partial charge in [-0.2, -0.15) is 13.2 Å². The van der Waals surface area contributed by atoms with Crippen molar-refractivity contribution in [1.82, 2.24) is 0 Å². The van der Waals surface area contributed by atoms with Crippen LogP contribution in [-0.4, -0.2) is 25.1 Å². The van der Waals surface area contributed by atoms with Crippen LogP contribution in [0.15, 0.2) is 23.1 Å². The van der Waals surface area contributed by atoms with Crippen molar-refractivity contribution >= 4 is 17.4 Å². The summed E-state index contributed by atoms with van der Waals surface area (Å²) in [5, 5.41) is 0. The molecule has 96 valence electrons. The van der Waals surface area contributed by atoms with Crippen LogP contribution in [0.4, 0.5) is 23.2 Å². The van der Waals surface area contributed by atoms with Crippen LogP contribution in [0.2, 0.25) is 0 Å². The van der Waals surface area contributed by atoms with E-state index in [0.29, 0.717) is 10.6 Å². The van der Waals surface area contributed by atoms with Crippen LogP contribution in [0.1, 0.15) is 0 Å². The molecule has 0 fully saturated rings. The second-order valence-corrected chi connectivity index (χ2v) is 4.34. The Hall–Kier alpha value is -0.950. The van der Waals surface area contributed by atoms with Gasteiger partial charge in [0.2, 0.25) is 0 Å². The van der Waals surface area contributed by atoms with Gasteiger partial charge in [0.25, 0.3) is 0 Å². The van der Waals surface area contributed by atoms with Crippen molar-refractivity contribution in [3.8, 4) is 0 Å². The van der Waals surface area contributed by atoms with Crippen molar-refractivity contribution < 1.29 is 22.3 Å². The van der Waals surface area contributed by atoms with Gasteiger partial charge >= 0.3 is 6.18 Å². The van der Waals surface area contributed by atoms with Crippen molar-refractivity contribution in [3.63, 3.8) is 0 Å². The normalized spacial score (nSPS) is 11.8. The molecule has 0 heterocycles. The molecule has 0 unspecified atom stereocenters. The molecule has 1 aromatic rings. The SMILES string of the molecule is Nc1ccc(SCCOCC(F)(F)F)c(F)c1. The molecule has 0 aliphatic carbocycles. The maximum absolute atomic E-state index is 13.2. The lowest BCUT2D eigenvalue weighted by atomic mass is 10.3. The van der Waals surface area contributed by atoms with E-state index >= 15 is 0 Å². The first-order valence-corrected chi connectivity index (χ1v) is 5.69. The van der Waals surface area contributed by atoms with Crippen molar-refractivity contribution in [1.29, 1.82) is 0 Å². The van der Waals surface area contributed by atoms with E-state index in [9.17, 15) is 17.6 Å². The summed E-state index contributed by atoms with van der Waals surface area (Å²) < 4.78 is 52.7. The van der Waals surface area contributed by atoms with Gasteiger partial charge in [-0.1, -0.05) is 0 Å².